The molecule has 1 amide bonds. The number of para-hydroxylation sites is 1. The van der Waals surface area contributed by atoms with Gasteiger partial charge in [-0.25, -0.2) is 19.2 Å². The Morgan fingerprint density at radius 2 is 1.89 bits per heavy atom. The molecule has 0 aliphatic carbocycles. The van der Waals surface area contributed by atoms with Crippen molar-refractivity contribution in [2.24, 2.45) is 5.10 Å². The van der Waals surface area contributed by atoms with Gasteiger partial charge in [0.1, 0.15) is 29.0 Å². The third kappa shape index (κ3) is 5.36. The van der Waals surface area contributed by atoms with E-state index in [1.807, 2.05) is 12.1 Å². The van der Waals surface area contributed by atoms with Gasteiger partial charge in [0.05, 0.1) is 17.7 Å². The Morgan fingerprint density at radius 1 is 1.08 bits per heavy atom. The second kappa shape index (κ2) is 10.6. The van der Waals surface area contributed by atoms with Crippen LogP contribution in [0.5, 0.6) is 0 Å². The molecule has 2 aromatic carbocycles. The van der Waals surface area contributed by atoms with E-state index in [4.69, 9.17) is 20.8 Å². The van der Waals surface area contributed by atoms with Crippen molar-refractivity contribution in [1.82, 2.24) is 9.99 Å². The van der Waals surface area contributed by atoms with Gasteiger partial charge in [-0.1, -0.05) is 35.9 Å². The summed E-state index contributed by atoms with van der Waals surface area (Å²) in [7, 11) is 0. The Balaban J connectivity index is 1.32. The number of halogens is 2. The van der Waals surface area contributed by atoms with E-state index in [-0.39, 0.29) is 17.1 Å². The molecule has 186 valence electrons. The number of ether oxygens (including phenoxy) is 1. The molecule has 0 fully saturated rings. The van der Waals surface area contributed by atoms with E-state index in [1.165, 1.54) is 35.7 Å². The SMILES string of the molecule is O=C(OCC(=O)N1N=C(c2ccc(Cl)cc2)C[C@H]1c1ccco1)c1cccnc1Nc1ccccc1F. The maximum absolute atomic E-state index is 14.1. The molecule has 0 spiro atoms. The molecule has 0 saturated carbocycles. The zero-order chi connectivity index (χ0) is 25.8. The number of anilines is 2. The average molecular weight is 519 g/mol. The van der Waals surface area contributed by atoms with Gasteiger partial charge in [-0.05, 0) is 54.1 Å². The van der Waals surface area contributed by atoms with Crippen LogP contribution < -0.4 is 5.32 Å². The lowest BCUT2D eigenvalue weighted by molar-refractivity contribution is -0.136. The summed E-state index contributed by atoms with van der Waals surface area (Å²) in [6, 6.07) is 19.1. The molecule has 3 heterocycles. The van der Waals surface area contributed by atoms with Crippen LogP contribution in [0.3, 0.4) is 0 Å². The van der Waals surface area contributed by atoms with Crippen LogP contribution in [0.2, 0.25) is 5.02 Å². The molecule has 37 heavy (non-hydrogen) atoms. The van der Waals surface area contributed by atoms with E-state index in [0.717, 1.165) is 5.56 Å². The highest BCUT2D eigenvalue weighted by Gasteiger charge is 2.35. The summed E-state index contributed by atoms with van der Waals surface area (Å²) in [5.74, 6) is -1.18. The average Bonchev–Trinajstić information content (AvgIpc) is 3.60. The summed E-state index contributed by atoms with van der Waals surface area (Å²) in [5, 5.41) is 9.14. The van der Waals surface area contributed by atoms with Crippen molar-refractivity contribution in [3.63, 3.8) is 0 Å². The first-order valence-corrected chi connectivity index (χ1v) is 11.7. The van der Waals surface area contributed by atoms with Gasteiger partial charge in [-0.2, -0.15) is 5.10 Å². The highest BCUT2D eigenvalue weighted by atomic mass is 35.5. The zero-order valence-electron chi connectivity index (χ0n) is 19.3. The Morgan fingerprint density at radius 3 is 2.65 bits per heavy atom. The summed E-state index contributed by atoms with van der Waals surface area (Å²) in [6.45, 7) is -0.568. The van der Waals surface area contributed by atoms with Crippen LogP contribution in [0.1, 0.15) is 34.1 Å². The topological polar surface area (TPSA) is 97.0 Å². The third-order valence-electron chi connectivity index (χ3n) is 5.70. The molecule has 8 nitrogen and oxygen atoms in total. The minimum atomic E-state index is -0.795. The molecular formula is C27H20ClFN4O4. The molecule has 1 aliphatic rings. The van der Waals surface area contributed by atoms with Crippen molar-refractivity contribution < 1.29 is 23.1 Å². The molecule has 1 N–H and O–H groups in total. The first kappa shape index (κ1) is 24.2. The quantitative estimate of drug-likeness (QED) is 0.313. The fourth-order valence-electron chi connectivity index (χ4n) is 3.89. The fourth-order valence-corrected chi connectivity index (χ4v) is 4.02. The molecule has 0 unspecified atom stereocenters. The molecule has 0 bridgehead atoms. The van der Waals surface area contributed by atoms with E-state index >= 15 is 0 Å². The number of amides is 1. The molecular weight excluding hydrogens is 499 g/mol. The molecule has 1 aliphatic heterocycles. The van der Waals surface area contributed by atoms with Crippen LogP contribution in [0.15, 0.2) is 94.8 Å². The summed E-state index contributed by atoms with van der Waals surface area (Å²) in [5.41, 5.74) is 1.68. The van der Waals surface area contributed by atoms with Gasteiger partial charge >= 0.3 is 5.97 Å². The van der Waals surface area contributed by atoms with E-state index in [1.54, 1.807) is 42.5 Å². The number of furan rings is 1. The minimum Gasteiger partial charge on any atom is -0.467 e. The number of carbonyl (C=O) groups is 2. The zero-order valence-corrected chi connectivity index (χ0v) is 20.1. The molecule has 4 aromatic rings. The monoisotopic (exact) mass is 518 g/mol. The Bertz CT molecular complexity index is 1460. The van der Waals surface area contributed by atoms with Crippen molar-refractivity contribution in [2.75, 3.05) is 11.9 Å². The summed E-state index contributed by atoms with van der Waals surface area (Å²) < 4.78 is 24.9. The largest absolute Gasteiger partial charge is 0.467 e. The van der Waals surface area contributed by atoms with Crippen LogP contribution >= 0.6 is 11.6 Å². The molecule has 10 heteroatoms. The van der Waals surface area contributed by atoms with Gasteiger partial charge in [-0.15, -0.1) is 0 Å². The summed E-state index contributed by atoms with van der Waals surface area (Å²) >= 11 is 6.00. The standard InChI is InChI=1S/C27H20ClFN4O4/c28-18-11-9-17(10-12-18)22-15-23(24-8-4-14-36-24)33(32-22)25(34)16-37-27(35)19-5-3-13-30-26(19)31-21-7-2-1-6-20(21)29/h1-14,23H,15-16H2,(H,30,31)/t23-/m0/s1. The first-order valence-electron chi connectivity index (χ1n) is 11.3. The second-order valence-corrected chi connectivity index (χ2v) is 8.54. The van der Waals surface area contributed by atoms with Crippen LogP contribution in [0.25, 0.3) is 0 Å². The number of carbonyl (C=O) groups excluding carboxylic acids is 2. The van der Waals surface area contributed by atoms with Gasteiger partial charge in [0, 0.05) is 17.6 Å². The maximum Gasteiger partial charge on any atom is 0.342 e. The summed E-state index contributed by atoms with van der Waals surface area (Å²) in [6.07, 6.45) is 3.38. The molecule has 0 saturated heterocycles. The fraction of sp³-hybridized carbons (Fsp3) is 0.111. The van der Waals surface area contributed by atoms with Gasteiger partial charge in [0.15, 0.2) is 6.61 Å². The molecule has 0 radical (unpaired) electrons. The van der Waals surface area contributed by atoms with Crippen LogP contribution in [0.4, 0.5) is 15.9 Å². The smallest absolute Gasteiger partial charge is 0.342 e. The number of rotatable bonds is 7. The third-order valence-corrected chi connectivity index (χ3v) is 5.95. The van der Waals surface area contributed by atoms with Crippen molar-refractivity contribution >= 4 is 40.7 Å². The highest BCUT2D eigenvalue weighted by molar-refractivity contribution is 6.30. The summed E-state index contributed by atoms with van der Waals surface area (Å²) in [4.78, 5) is 30.1. The Labute approximate surface area is 216 Å². The van der Waals surface area contributed by atoms with E-state index in [0.29, 0.717) is 22.9 Å². The van der Waals surface area contributed by atoms with E-state index in [2.05, 4.69) is 15.4 Å². The van der Waals surface area contributed by atoms with E-state index in [9.17, 15) is 14.0 Å². The minimum absolute atomic E-state index is 0.0490. The number of hydrogen-bond donors (Lipinski definition) is 1. The molecule has 2 aromatic heterocycles. The number of hydrazone groups is 1. The Hall–Kier alpha value is -4.50. The predicted molar refractivity (Wildman–Crippen MR) is 135 cm³/mol. The lowest BCUT2D eigenvalue weighted by Crippen LogP contribution is -2.31. The second-order valence-electron chi connectivity index (χ2n) is 8.11. The van der Waals surface area contributed by atoms with Gasteiger partial charge in [0.2, 0.25) is 0 Å². The number of esters is 1. The maximum atomic E-state index is 14.1. The number of aromatic nitrogens is 1. The predicted octanol–water partition coefficient (Wildman–Crippen LogP) is 5.75. The van der Waals surface area contributed by atoms with Crippen LogP contribution in [0, 0.1) is 5.82 Å². The van der Waals surface area contributed by atoms with Crippen molar-refractivity contribution in [2.45, 2.75) is 12.5 Å². The number of pyridine rings is 1. The lowest BCUT2D eigenvalue weighted by Gasteiger charge is -2.19. The van der Waals surface area contributed by atoms with Crippen molar-refractivity contribution in [3.8, 4) is 0 Å². The molecule has 1 atom stereocenters. The highest BCUT2D eigenvalue weighted by Crippen LogP contribution is 2.33. The van der Waals surface area contributed by atoms with Crippen molar-refractivity contribution in [3.05, 3.63) is 113 Å². The Kier molecular flexibility index (Phi) is 6.96. The van der Waals surface area contributed by atoms with Gasteiger partial charge < -0.3 is 14.5 Å². The van der Waals surface area contributed by atoms with Gasteiger partial charge in [-0.3, -0.25) is 4.79 Å². The van der Waals surface area contributed by atoms with Crippen molar-refractivity contribution in [1.29, 1.82) is 0 Å². The number of nitrogens with zero attached hydrogens (tertiary/aromatic N) is 3. The van der Waals surface area contributed by atoms with Crippen LogP contribution in [-0.2, 0) is 9.53 Å². The van der Waals surface area contributed by atoms with Gasteiger partial charge in [0.25, 0.3) is 5.91 Å². The normalized spacial score (nSPS) is 14.8. The first-order chi connectivity index (χ1) is 18.0. The van der Waals surface area contributed by atoms with E-state index < -0.39 is 30.3 Å². The van der Waals surface area contributed by atoms with Crippen LogP contribution in [-0.4, -0.2) is 34.2 Å². The lowest BCUT2D eigenvalue weighted by atomic mass is 10.0. The number of benzene rings is 2. The number of hydrogen-bond acceptors (Lipinski definition) is 7. The molecule has 5 rings (SSSR count). The number of nitrogens with one attached hydrogen (secondary N) is 1.